The minimum absolute atomic E-state index is 0.0129. The summed E-state index contributed by atoms with van der Waals surface area (Å²) >= 11 is 0.786. The molecule has 1 fully saturated rings. The zero-order valence-corrected chi connectivity index (χ0v) is 18.4. The minimum Gasteiger partial charge on any atom is -0.353 e. The molecule has 0 aliphatic carbocycles. The second-order valence-electron chi connectivity index (χ2n) is 7.30. The van der Waals surface area contributed by atoms with Crippen LogP contribution in [-0.4, -0.2) is 44.6 Å². The maximum absolute atomic E-state index is 13.0. The molecule has 168 valence electrons. The normalized spacial score (nSPS) is 15.0. The van der Waals surface area contributed by atoms with Gasteiger partial charge in [0.25, 0.3) is 16.7 Å². The van der Waals surface area contributed by atoms with Crippen molar-refractivity contribution in [2.45, 2.75) is 13.5 Å². The Morgan fingerprint density at radius 2 is 1.85 bits per heavy atom. The number of aryl methyl sites for hydroxylation is 1. The predicted octanol–water partition coefficient (Wildman–Crippen LogP) is 2.70. The molecule has 2 heterocycles. The fourth-order valence-electron chi connectivity index (χ4n) is 3.38. The van der Waals surface area contributed by atoms with Crippen molar-refractivity contribution in [1.82, 2.24) is 19.8 Å². The number of halogens is 1. The summed E-state index contributed by atoms with van der Waals surface area (Å²) in [6.07, 6.45) is 1.52. The standard InChI is InChI=1S/C23H19FN4O4S/c1-14-26-18-5-3-2-4-17(18)21(30)28(14)13-20(29)25-10-11-27-22(31)19(33-23(27)32)12-15-6-8-16(24)9-7-15/h2-9,12H,10-11,13H2,1H3,(H,25,29)/b19-12-. The Bertz CT molecular complexity index is 1350. The quantitative estimate of drug-likeness (QED) is 0.561. The number of hydrogen-bond donors (Lipinski definition) is 1. The Labute approximate surface area is 192 Å². The zero-order valence-electron chi connectivity index (χ0n) is 17.6. The average molecular weight is 466 g/mol. The van der Waals surface area contributed by atoms with E-state index in [4.69, 9.17) is 0 Å². The first kappa shape index (κ1) is 22.4. The Morgan fingerprint density at radius 3 is 2.61 bits per heavy atom. The van der Waals surface area contributed by atoms with E-state index in [9.17, 15) is 23.6 Å². The predicted molar refractivity (Wildman–Crippen MR) is 123 cm³/mol. The maximum atomic E-state index is 13.0. The van der Waals surface area contributed by atoms with Gasteiger partial charge in [-0.15, -0.1) is 0 Å². The molecule has 4 rings (SSSR count). The number of nitrogens with zero attached hydrogens (tertiary/aromatic N) is 3. The molecule has 0 bridgehead atoms. The van der Waals surface area contributed by atoms with Crippen molar-refractivity contribution in [2.24, 2.45) is 0 Å². The van der Waals surface area contributed by atoms with Crippen LogP contribution in [0.25, 0.3) is 17.0 Å². The van der Waals surface area contributed by atoms with Crippen LogP contribution >= 0.6 is 11.8 Å². The van der Waals surface area contributed by atoms with E-state index < -0.39 is 22.9 Å². The summed E-state index contributed by atoms with van der Waals surface area (Å²) in [4.78, 5) is 55.4. The highest BCUT2D eigenvalue weighted by atomic mass is 32.2. The summed E-state index contributed by atoms with van der Waals surface area (Å²) < 4.78 is 14.3. The maximum Gasteiger partial charge on any atom is 0.293 e. The van der Waals surface area contributed by atoms with Crippen molar-refractivity contribution in [3.05, 3.63) is 81.0 Å². The lowest BCUT2D eigenvalue weighted by atomic mass is 10.2. The van der Waals surface area contributed by atoms with Crippen molar-refractivity contribution >= 4 is 45.8 Å². The Kier molecular flexibility index (Phi) is 6.36. The van der Waals surface area contributed by atoms with Crippen LogP contribution < -0.4 is 10.9 Å². The van der Waals surface area contributed by atoms with Gasteiger partial charge in [-0.1, -0.05) is 24.3 Å². The van der Waals surface area contributed by atoms with E-state index in [0.717, 1.165) is 16.7 Å². The summed E-state index contributed by atoms with van der Waals surface area (Å²) in [5.41, 5.74) is 0.842. The lowest BCUT2D eigenvalue weighted by molar-refractivity contribution is -0.124. The van der Waals surface area contributed by atoms with Gasteiger partial charge >= 0.3 is 0 Å². The zero-order chi connectivity index (χ0) is 23.5. The van der Waals surface area contributed by atoms with Crippen LogP contribution in [0.2, 0.25) is 0 Å². The highest BCUT2D eigenvalue weighted by Gasteiger charge is 2.34. The smallest absolute Gasteiger partial charge is 0.293 e. The largest absolute Gasteiger partial charge is 0.353 e. The molecular formula is C23H19FN4O4S. The monoisotopic (exact) mass is 466 g/mol. The molecule has 0 unspecified atom stereocenters. The second kappa shape index (κ2) is 9.37. The van der Waals surface area contributed by atoms with Crippen LogP contribution in [0.3, 0.4) is 0 Å². The SMILES string of the molecule is Cc1nc2ccccc2c(=O)n1CC(=O)NCCN1C(=O)S/C(=C\c2ccc(F)cc2)C1=O. The lowest BCUT2D eigenvalue weighted by Crippen LogP contribution is -2.39. The van der Waals surface area contributed by atoms with Gasteiger partial charge in [0.15, 0.2) is 0 Å². The van der Waals surface area contributed by atoms with Gasteiger partial charge in [-0.25, -0.2) is 9.37 Å². The number of hydrogen-bond acceptors (Lipinski definition) is 6. The number of nitrogens with one attached hydrogen (secondary N) is 1. The molecule has 1 aromatic heterocycles. The van der Waals surface area contributed by atoms with Crippen molar-refractivity contribution in [3.63, 3.8) is 0 Å². The number of aromatic nitrogens is 2. The summed E-state index contributed by atoms with van der Waals surface area (Å²) in [5.74, 6) is -0.904. The van der Waals surface area contributed by atoms with Crippen molar-refractivity contribution in [3.8, 4) is 0 Å². The van der Waals surface area contributed by atoms with Crippen molar-refractivity contribution < 1.29 is 18.8 Å². The molecule has 1 N–H and O–H groups in total. The van der Waals surface area contributed by atoms with Crippen LogP contribution in [0.5, 0.6) is 0 Å². The molecule has 0 atom stereocenters. The van der Waals surface area contributed by atoms with Gasteiger partial charge in [0, 0.05) is 13.1 Å². The fraction of sp³-hybridized carbons (Fsp3) is 0.174. The van der Waals surface area contributed by atoms with Gasteiger partial charge in [-0.3, -0.25) is 28.6 Å². The summed E-state index contributed by atoms with van der Waals surface area (Å²) in [6.45, 7) is 1.44. The molecule has 0 radical (unpaired) electrons. The number of para-hydroxylation sites is 1. The number of rotatable bonds is 6. The van der Waals surface area contributed by atoms with Crippen LogP contribution in [0, 0.1) is 12.7 Å². The van der Waals surface area contributed by atoms with Gasteiger partial charge in [0.05, 0.1) is 15.8 Å². The van der Waals surface area contributed by atoms with E-state index in [2.05, 4.69) is 10.3 Å². The van der Waals surface area contributed by atoms with Gasteiger partial charge in [-0.05, 0) is 54.6 Å². The molecule has 33 heavy (non-hydrogen) atoms. The number of imide groups is 1. The Morgan fingerprint density at radius 1 is 1.12 bits per heavy atom. The van der Waals surface area contributed by atoms with E-state index in [0.29, 0.717) is 22.3 Å². The van der Waals surface area contributed by atoms with Gasteiger partial charge in [0.1, 0.15) is 18.2 Å². The molecule has 0 spiro atoms. The fourth-order valence-corrected chi connectivity index (χ4v) is 4.24. The molecule has 2 aromatic carbocycles. The number of carbonyl (C=O) groups is 3. The molecule has 8 nitrogen and oxygen atoms in total. The molecule has 3 aromatic rings. The van der Waals surface area contributed by atoms with E-state index in [1.54, 1.807) is 31.2 Å². The molecule has 3 amide bonds. The average Bonchev–Trinajstić information content (AvgIpc) is 3.05. The molecule has 0 saturated carbocycles. The van der Waals surface area contributed by atoms with E-state index >= 15 is 0 Å². The van der Waals surface area contributed by atoms with Gasteiger partial charge in [-0.2, -0.15) is 0 Å². The number of thioether (sulfide) groups is 1. The number of carbonyl (C=O) groups excluding carboxylic acids is 3. The third kappa shape index (κ3) is 4.85. The summed E-state index contributed by atoms with van der Waals surface area (Å²) in [6, 6.07) is 12.4. The molecular weight excluding hydrogens is 447 g/mol. The number of benzene rings is 2. The van der Waals surface area contributed by atoms with E-state index in [1.165, 1.54) is 34.9 Å². The Hall–Kier alpha value is -3.79. The topological polar surface area (TPSA) is 101 Å². The molecule has 1 aliphatic rings. The third-order valence-electron chi connectivity index (χ3n) is 5.05. The first-order valence-electron chi connectivity index (χ1n) is 10.1. The molecule has 1 saturated heterocycles. The summed E-state index contributed by atoms with van der Waals surface area (Å²) in [5, 5.41) is 2.60. The molecule has 1 aliphatic heterocycles. The van der Waals surface area contributed by atoms with Crippen molar-refractivity contribution in [1.29, 1.82) is 0 Å². The number of amides is 3. The van der Waals surface area contributed by atoms with Crippen LogP contribution in [0.4, 0.5) is 9.18 Å². The van der Waals surface area contributed by atoms with Crippen LogP contribution in [0.1, 0.15) is 11.4 Å². The first-order valence-corrected chi connectivity index (χ1v) is 10.9. The van der Waals surface area contributed by atoms with Gasteiger partial charge < -0.3 is 5.32 Å². The van der Waals surface area contributed by atoms with Crippen molar-refractivity contribution in [2.75, 3.05) is 13.1 Å². The first-order chi connectivity index (χ1) is 15.8. The van der Waals surface area contributed by atoms with E-state index in [-0.39, 0.29) is 30.1 Å². The van der Waals surface area contributed by atoms with Crippen LogP contribution in [0.15, 0.2) is 58.2 Å². The highest BCUT2D eigenvalue weighted by molar-refractivity contribution is 8.18. The molecule has 10 heteroatoms. The van der Waals surface area contributed by atoms with Crippen LogP contribution in [-0.2, 0) is 16.1 Å². The third-order valence-corrected chi connectivity index (χ3v) is 5.96. The highest BCUT2D eigenvalue weighted by Crippen LogP contribution is 2.31. The van der Waals surface area contributed by atoms with Gasteiger partial charge in [0.2, 0.25) is 5.91 Å². The second-order valence-corrected chi connectivity index (χ2v) is 8.30. The lowest BCUT2D eigenvalue weighted by Gasteiger charge is -2.14. The Balaban J connectivity index is 1.37. The van der Waals surface area contributed by atoms with E-state index in [1.807, 2.05) is 0 Å². The minimum atomic E-state index is -0.477. The summed E-state index contributed by atoms with van der Waals surface area (Å²) in [7, 11) is 0. The number of fused-ring (bicyclic) bond motifs is 1.